The summed E-state index contributed by atoms with van der Waals surface area (Å²) in [6.45, 7) is 0.943. The average molecular weight is 329 g/mol. The summed E-state index contributed by atoms with van der Waals surface area (Å²) < 4.78 is 5.20. The molecule has 0 bridgehead atoms. The van der Waals surface area contributed by atoms with Gasteiger partial charge in [-0.25, -0.2) is 5.01 Å². The Morgan fingerprint density at radius 1 is 1.50 bits per heavy atom. The van der Waals surface area contributed by atoms with Crippen molar-refractivity contribution in [2.45, 2.75) is 29.9 Å². The number of guanidine groups is 1. The molecule has 1 fully saturated rings. The number of hydrazone groups is 1. The fourth-order valence-electron chi connectivity index (χ4n) is 2.73. The van der Waals surface area contributed by atoms with E-state index in [-0.39, 0.29) is 5.41 Å². The molecule has 1 spiro atoms. The van der Waals surface area contributed by atoms with Crippen molar-refractivity contribution >= 4 is 47.1 Å². The molecule has 7 heteroatoms. The first-order chi connectivity index (χ1) is 9.71. The summed E-state index contributed by atoms with van der Waals surface area (Å²) >= 11 is 9.02. The minimum Gasteiger partial charge on any atom is -0.294 e. The number of aliphatic imine (C=N–C) groups is 1. The van der Waals surface area contributed by atoms with Crippen molar-refractivity contribution in [2.75, 3.05) is 13.6 Å². The van der Waals surface area contributed by atoms with Crippen molar-refractivity contribution < 1.29 is 0 Å². The molecule has 0 radical (unpaired) electrons. The van der Waals surface area contributed by atoms with Crippen LogP contribution in [0, 0.1) is 5.41 Å². The highest BCUT2D eigenvalue weighted by atomic mass is 35.5. The molecule has 2 aliphatic rings. The van der Waals surface area contributed by atoms with E-state index in [9.17, 15) is 0 Å². The largest absolute Gasteiger partial charge is 0.294 e. The van der Waals surface area contributed by atoms with Gasteiger partial charge in [-0.1, -0.05) is 24.4 Å². The Bertz CT molecular complexity index is 534. The molecule has 4 nitrogen and oxygen atoms in total. The summed E-state index contributed by atoms with van der Waals surface area (Å²) in [6.07, 6.45) is 7.25. The zero-order valence-electron chi connectivity index (χ0n) is 11.3. The lowest BCUT2D eigenvalue weighted by Gasteiger charge is -2.23. The highest BCUT2D eigenvalue weighted by Gasteiger charge is 2.39. The first kappa shape index (κ1) is 14.2. The maximum atomic E-state index is 5.93. The van der Waals surface area contributed by atoms with Gasteiger partial charge in [0.15, 0.2) is 0 Å². The number of nitrogens with zero attached hydrogens (tertiary/aromatic N) is 3. The third-order valence-corrected chi connectivity index (χ3v) is 5.93. The Hall–Kier alpha value is -0.720. The number of nitrogens with one attached hydrogen (secondary N) is 1. The van der Waals surface area contributed by atoms with E-state index in [1.54, 1.807) is 18.4 Å². The predicted molar refractivity (Wildman–Crippen MR) is 87.8 cm³/mol. The molecule has 0 atom stereocenters. The maximum absolute atomic E-state index is 5.93. The van der Waals surface area contributed by atoms with Gasteiger partial charge in [-0.3, -0.25) is 9.71 Å². The fourth-order valence-corrected chi connectivity index (χ4v) is 4.73. The predicted octanol–water partition coefficient (Wildman–Crippen LogP) is 3.85. The van der Waals surface area contributed by atoms with Gasteiger partial charge < -0.3 is 0 Å². The maximum Gasteiger partial charge on any atom is 0.225 e. The van der Waals surface area contributed by atoms with Gasteiger partial charge in [0.05, 0.1) is 15.1 Å². The monoisotopic (exact) mass is 328 g/mol. The lowest BCUT2D eigenvalue weighted by molar-refractivity contribution is 0.343. The molecule has 108 valence electrons. The molecule has 1 aliphatic carbocycles. The minimum absolute atomic E-state index is 0.286. The van der Waals surface area contributed by atoms with E-state index in [1.165, 1.54) is 37.6 Å². The molecule has 20 heavy (non-hydrogen) atoms. The van der Waals surface area contributed by atoms with Crippen molar-refractivity contribution in [3.05, 3.63) is 16.5 Å². The molecule has 1 aromatic rings. The summed E-state index contributed by atoms with van der Waals surface area (Å²) in [7, 11) is 1.79. The van der Waals surface area contributed by atoms with Crippen molar-refractivity contribution in [1.82, 2.24) is 9.73 Å². The second-order valence-corrected chi connectivity index (χ2v) is 8.00. The smallest absolute Gasteiger partial charge is 0.225 e. The van der Waals surface area contributed by atoms with Crippen molar-refractivity contribution in [3.8, 4) is 0 Å². The SMILES string of the molecule is CN=C(NSc1ccc(Cl)s1)N1CC2(C=N1)CCCC2. The number of halogens is 1. The lowest BCUT2D eigenvalue weighted by atomic mass is 9.88. The van der Waals surface area contributed by atoms with E-state index in [4.69, 9.17) is 11.6 Å². The molecule has 1 aliphatic heterocycles. The van der Waals surface area contributed by atoms with Crippen LogP contribution in [0.5, 0.6) is 0 Å². The lowest BCUT2D eigenvalue weighted by Crippen LogP contribution is -2.37. The Kier molecular flexibility index (Phi) is 4.23. The molecule has 1 saturated carbocycles. The summed E-state index contributed by atoms with van der Waals surface area (Å²) in [4.78, 5) is 4.32. The molecular weight excluding hydrogens is 312 g/mol. The van der Waals surface area contributed by atoms with Crippen molar-refractivity contribution in [1.29, 1.82) is 0 Å². The van der Waals surface area contributed by atoms with Crippen LogP contribution < -0.4 is 4.72 Å². The standard InChI is InChI=1S/C13H17ClN4S2/c1-15-12(17-20-11-5-4-10(14)19-11)18-9-13(8-16-18)6-2-3-7-13/h4-5,8H,2-3,6-7,9H2,1H3,(H,15,17). The summed E-state index contributed by atoms with van der Waals surface area (Å²) in [5.74, 6) is 0.805. The molecule has 1 aromatic heterocycles. The number of rotatable bonds is 2. The molecule has 3 rings (SSSR count). The Balaban J connectivity index is 1.59. The van der Waals surface area contributed by atoms with Crippen LogP contribution in [0.4, 0.5) is 0 Å². The van der Waals surface area contributed by atoms with E-state index in [0.717, 1.165) is 21.0 Å². The minimum atomic E-state index is 0.286. The molecule has 0 aromatic carbocycles. The fraction of sp³-hybridized carbons (Fsp3) is 0.538. The highest BCUT2D eigenvalue weighted by molar-refractivity contribution is 7.99. The number of hydrogen-bond donors (Lipinski definition) is 1. The zero-order chi connectivity index (χ0) is 14.0. The zero-order valence-corrected chi connectivity index (χ0v) is 13.7. The van der Waals surface area contributed by atoms with E-state index in [0.29, 0.717) is 0 Å². The summed E-state index contributed by atoms with van der Waals surface area (Å²) in [6, 6.07) is 3.91. The first-order valence-electron chi connectivity index (χ1n) is 6.68. The average Bonchev–Trinajstić information content (AvgIpc) is 3.15. The normalized spacial score (nSPS) is 21.1. The van der Waals surface area contributed by atoms with E-state index in [1.807, 2.05) is 17.1 Å². The van der Waals surface area contributed by atoms with Crippen LogP contribution >= 0.6 is 34.9 Å². The highest BCUT2D eigenvalue weighted by Crippen LogP contribution is 2.40. The van der Waals surface area contributed by atoms with Crippen LogP contribution in [0.25, 0.3) is 0 Å². The second kappa shape index (κ2) is 5.95. The molecule has 2 heterocycles. The van der Waals surface area contributed by atoms with Crippen LogP contribution in [0.2, 0.25) is 4.34 Å². The third-order valence-electron chi connectivity index (χ3n) is 3.78. The van der Waals surface area contributed by atoms with Crippen molar-refractivity contribution in [2.24, 2.45) is 15.5 Å². The second-order valence-electron chi connectivity index (χ2n) is 5.18. The molecule has 0 saturated heterocycles. The van der Waals surface area contributed by atoms with Gasteiger partial charge in [0.25, 0.3) is 0 Å². The van der Waals surface area contributed by atoms with E-state index < -0.39 is 0 Å². The molecular formula is C13H17ClN4S2. The van der Waals surface area contributed by atoms with E-state index in [2.05, 4.69) is 21.0 Å². The van der Waals surface area contributed by atoms with Gasteiger partial charge >= 0.3 is 0 Å². The molecule has 0 amide bonds. The van der Waals surface area contributed by atoms with Crippen LogP contribution in [0.3, 0.4) is 0 Å². The van der Waals surface area contributed by atoms with Gasteiger partial charge in [0.1, 0.15) is 0 Å². The Morgan fingerprint density at radius 3 is 2.95 bits per heavy atom. The molecule has 1 N–H and O–H groups in total. The quantitative estimate of drug-likeness (QED) is 0.509. The van der Waals surface area contributed by atoms with Gasteiger partial charge in [0.2, 0.25) is 5.96 Å². The van der Waals surface area contributed by atoms with Gasteiger partial charge in [-0.05, 0) is 36.9 Å². The van der Waals surface area contributed by atoms with Crippen molar-refractivity contribution in [3.63, 3.8) is 0 Å². The molecule has 0 unspecified atom stereocenters. The van der Waals surface area contributed by atoms with Crippen LogP contribution in [0.15, 0.2) is 26.4 Å². The summed E-state index contributed by atoms with van der Waals surface area (Å²) in [5, 5.41) is 6.52. The number of hydrogen-bond acceptors (Lipinski definition) is 4. The third kappa shape index (κ3) is 2.97. The van der Waals surface area contributed by atoms with Crippen LogP contribution in [0.1, 0.15) is 25.7 Å². The van der Waals surface area contributed by atoms with Gasteiger partial charge in [0, 0.05) is 18.7 Å². The topological polar surface area (TPSA) is 40.0 Å². The number of thiophene rings is 1. The summed E-state index contributed by atoms with van der Waals surface area (Å²) in [5.41, 5.74) is 0.286. The van der Waals surface area contributed by atoms with Gasteiger partial charge in [-0.15, -0.1) is 11.3 Å². The van der Waals surface area contributed by atoms with Gasteiger partial charge in [-0.2, -0.15) is 5.10 Å². The van der Waals surface area contributed by atoms with Crippen LogP contribution in [-0.2, 0) is 0 Å². The van der Waals surface area contributed by atoms with Crippen LogP contribution in [-0.4, -0.2) is 30.8 Å². The first-order valence-corrected chi connectivity index (χ1v) is 8.70. The van der Waals surface area contributed by atoms with E-state index >= 15 is 0 Å². The Morgan fingerprint density at radius 2 is 2.30 bits per heavy atom. The Labute approximate surface area is 132 Å².